The highest BCUT2D eigenvalue weighted by Gasteiger charge is 2.22. The minimum atomic E-state index is 0.0777. The molecular formula is C15H20BrNO2. The van der Waals surface area contributed by atoms with Gasteiger partial charge in [0.25, 0.3) is 0 Å². The number of hydrogen-bond acceptors (Lipinski definition) is 2. The van der Waals surface area contributed by atoms with E-state index in [9.17, 15) is 4.79 Å². The molecule has 0 saturated heterocycles. The van der Waals surface area contributed by atoms with E-state index in [4.69, 9.17) is 4.74 Å². The lowest BCUT2D eigenvalue weighted by Crippen LogP contribution is -2.29. The van der Waals surface area contributed by atoms with E-state index in [-0.39, 0.29) is 5.91 Å². The number of alkyl halides is 1. The Bertz CT molecular complexity index is 396. The lowest BCUT2D eigenvalue weighted by Gasteiger charge is -2.11. The number of rotatable bonds is 6. The van der Waals surface area contributed by atoms with E-state index in [0.29, 0.717) is 23.8 Å². The highest BCUT2D eigenvalue weighted by molar-refractivity contribution is 9.09. The second-order valence-electron chi connectivity index (χ2n) is 4.99. The fraction of sp³-hybridized carbons (Fsp3) is 0.533. The van der Waals surface area contributed by atoms with Crippen molar-refractivity contribution in [2.45, 2.75) is 30.5 Å². The summed E-state index contributed by atoms with van der Waals surface area (Å²) in [5.41, 5.74) is 0. The molecule has 1 saturated carbocycles. The molecular weight excluding hydrogens is 306 g/mol. The summed E-state index contributed by atoms with van der Waals surface area (Å²) >= 11 is 3.62. The molecule has 2 unspecified atom stereocenters. The second kappa shape index (κ2) is 7.53. The van der Waals surface area contributed by atoms with Crippen molar-refractivity contribution < 1.29 is 9.53 Å². The number of benzene rings is 1. The molecule has 0 radical (unpaired) electrons. The number of amides is 1. The van der Waals surface area contributed by atoms with E-state index >= 15 is 0 Å². The maximum atomic E-state index is 11.7. The van der Waals surface area contributed by atoms with Crippen LogP contribution in [0.2, 0.25) is 0 Å². The van der Waals surface area contributed by atoms with Gasteiger partial charge < -0.3 is 10.1 Å². The van der Waals surface area contributed by atoms with Crippen molar-refractivity contribution in [1.29, 1.82) is 0 Å². The van der Waals surface area contributed by atoms with Crippen LogP contribution >= 0.6 is 15.9 Å². The number of carbonyl (C=O) groups is 1. The van der Waals surface area contributed by atoms with Gasteiger partial charge in [-0.15, -0.1) is 0 Å². The molecule has 0 aromatic heterocycles. The lowest BCUT2D eigenvalue weighted by molar-refractivity contribution is -0.121. The van der Waals surface area contributed by atoms with Crippen LogP contribution in [0.4, 0.5) is 0 Å². The zero-order valence-corrected chi connectivity index (χ0v) is 12.6. The van der Waals surface area contributed by atoms with E-state index in [2.05, 4.69) is 21.2 Å². The average molecular weight is 326 g/mol. The topological polar surface area (TPSA) is 38.3 Å². The Morgan fingerprint density at radius 3 is 2.79 bits per heavy atom. The Morgan fingerprint density at radius 2 is 2.11 bits per heavy atom. The SMILES string of the molecule is O=C(CCOc1ccccc1)NCC1CCC(Br)C1. The number of para-hydroxylation sites is 1. The van der Waals surface area contributed by atoms with E-state index < -0.39 is 0 Å². The third kappa shape index (κ3) is 5.23. The molecule has 104 valence electrons. The Morgan fingerprint density at radius 1 is 1.32 bits per heavy atom. The molecule has 0 bridgehead atoms. The molecule has 1 fully saturated rings. The molecule has 1 aromatic rings. The number of hydrogen-bond donors (Lipinski definition) is 1. The van der Waals surface area contributed by atoms with Crippen LogP contribution in [-0.2, 0) is 4.79 Å². The molecule has 1 aliphatic rings. The van der Waals surface area contributed by atoms with Gasteiger partial charge in [-0.1, -0.05) is 34.1 Å². The van der Waals surface area contributed by atoms with E-state index in [0.717, 1.165) is 12.3 Å². The van der Waals surface area contributed by atoms with Crippen molar-refractivity contribution in [2.75, 3.05) is 13.2 Å². The third-order valence-corrected chi connectivity index (χ3v) is 4.24. The van der Waals surface area contributed by atoms with Crippen molar-refractivity contribution in [3.05, 3.63) is 30.3 Å². The summed E-state index contributed by atoms with van der Waals surface area (Å²) in [5.74, 6) is 1.52. The molecule has 19 heavy (non-hydrogen) atoms. The fourth-order valence-electron chi connectivity index (χ4n) is 2.32. The summed E-state index contributed by atoms with van der Waals surface area (Å²) in [5, 5.41) is 2.99. The summed E-state index contributed by atoms with van der Waals surface area (Å²) in [6, 6.07) is 9.58. The monoisotopic (exact) mass is 325 g/mol. The summed E-state index contributed by atoms with van der Waals surface area (Å²) in [6.45, 7) is 1.23. The van der Waals surface area contributed by atoms with Crippen molar-refractivity contribution >= 4 is 21.8 Å². The first kappa shape index (κ1) is 14.4. The molecule has 2 rings (SSSR count). The maximum Gasteiger partial charge on any atom is 0.223 e. The highest BCUT2D eigenvalue weighted by atomic mass is 79.9. The summed E-state index contributed by atoms with van der Waals surface area (Å²) in [7, 11) is 0. The summed E-state index contributed by atoms with van der Waals surface area (Å²) in [4.78, 5) is 12.3. The Hall–Kier alpha value is -1.03. The van der Waals surface area contributed by atoms with Gasteiger partial charge in [-0.3, -0.25) is 4.79 Å². The van der Waals surface area contributed by atoms with Crippen LogP contribution in [0.15, 0.2) is 30.3 Å². The zero-order chi connectivity index (χ0) is 13.5. The molecule has 2 atom stereocenters. The normalized spacial score (nSPS) is 22.2. The van der Waals surface area contributed by atoms with Gasteiger partial charge in [0, 0.05) is 11.4 Å². The predicted molar refractivity (Wildman–Crippen MR) is 79.6 cm³/mol. The smallest absolute Gasteiger partial charge is 0.223 e. The first-order valence-corrected chi connectivity index (χ1v) is 7.74. The molecule has 0 heterocycles. The highest BCUT2D eigenvalue weighted by Crippen LogP contribution is 2.29. The molecule has 4 heteroatoms. The third-order valence-electron chi connectivity index (χ3n) is 3.41. The number of nitrogens with one attached hydrogen (secondary N) is 1. The molecule has 0 spiro atoms. The summed E-state index contributed by atoms with van der Waals surface area (Å²) < 4.78 is 5.50. The van der Waals surface area contributed by atoms with Crippen LogP contribution in [0.3, 0.4) is 0 Å². The van der Waals surface area contributed by atoms with Crippen molar-refractivity contribution in [3.8, 4) is 5.75 Å². The Labute approximate surface area is 122 Å². The van der Waals surface area contributed by atoms with Crippen molar-refractivity contribution in [3.63, 3.8) is 0 Å². The van der Waals surface area contributed by atoms with Gasteiger partial charge in [0.2, 0.25) is 5.91 Å². The van der Waals surface area contributed by atoms with Gasteiger partial charge in [-0.2, -0.15) is 0 Å². The van der Waals surface area contributed by atoms with Crippen LogP contribution < -0.4 is 10.1 Å². The molecule has 1 aliphatic carbocycles. The predicted octanol–water partition coefficient (Wildman–Crippen LogP) is 3.14. The van der Waals surface area contributed by atoms with Gasteiger partial charge in [0.15, 0.2) is 0 Å². The fourth-order valence-corrected chi connectivity index (χ4v) is 3.12. The largest absolute Gasteiger partial charge is 0.493 e. The van der Waals surface area contributed by atoms with Gasteiger partial charge in [0.1, 0.15) is 5.75 Å². The molecule has 3 nitrogen and oxygen atoms in total. The quantitative estimate of drug-likeness (QED) is 0.816. The number of ether oxygens (including phenoxy) is 1. The van der Waals surface area contributed by atoms with Crippen LogP contribution in [0.25, 0.3) is 0 Å². The van der Waals surface area contributed by atoms with Crippen LogP contribution in [0, 0.1) is 5.92 Å². The van der Waals surface area contributed by atoms with Gasteiger partial charge >= 0.3 is 0 Å². The molecule has 1 amide bonds. The first-order chi connectivity index (χ1) is 9.24. The van der Waals surface area contributed by atoms with E-state index in [1.807, 2.05) is 30.3 Å². The summed E-state index contributed by atoms with van der Waals surface area (Å²) in [6.07, 6.45) is 4.01. The van der Waals surface area contributed by atoms with Gasteiger partial charge in [-0.05, 0) is 37.3 Å². The maximum absolute atomic E-state index is 11.7. The number of carbonyl (C=O) groups excluding carboxylic acids is 1. The lowest BCUT2D eigenvalue weighted by atomic mass is 10.1. The van der Waals surface area contributed by atoms with Crippen LogP contribution in [0.5, 0.6) is 5.75 Å². The number of halogens is 1. The standard InChI is InChI=1S/C15H20BrNO2/c16-13-7-6-12(10-13)11-17-15(18)8-9-19-14-4-2-1-3-5-14/h1-5,12-13H,6-11H2,(H,17,18). The van der Waals surface area contributed by atoms with Crippen molar-refractivity contribution in [2.24, 2.45) is 5.92 Å². The average Bonchev–Trinajstić information content (AvgIpc) is 2.83. The van der Waals surface area contributed by atoms with E-state index in [1.54, 1.807) is 0 Å². The minimum absolute atomic E-state index is 0.0777. The van der Waals surface area contributed by atoms with Crippen molar-refractivity contribution in [1.82, 2.24) is 5.32 Å². The Balaban J connectivity index is 1.57. The molecule has 1 aromatic carbocycles. The minimum Gasteiger partial charge on any atom is -0.493 e. The zero-order valence-electron chi connectivity index (χ0n) is 11.0. The van der Waals surface area contributed by atoms with Crippen LogP contribution in [-0.4, -0.2) is 23.9 Å². The van der Waals surface area contributed by atoms with E-state index in [1.165, 1.54) is 19.3 Å². The van der Waals surface area contributed by atoms with Crippen LogP contribution in [0.1, 0.15) is 25.7 Å². The van der Waals surface area contributed by atoms with Gasteiger partial charge in [0.05, 0.1) is 13.0 Å². The molecule has 0 aliphatic heterocycles. The second-order valence-corrected chi connectivity index (χ2v) is 6.29. The van der Waals surface area contributed by atoms with Gasteiger partial charge in [-0.25, -0.2) is 0 Å². The molecule has 1 N–H and O–H groups in total. The Kier molecular flexibility index (Phi) is 5.70. The first-order valence-electron chi connectivity index (χ1n) is 6.82.